The van der Waals surface area contributed by atoms with Crippen molar-refractivity contribution in [3.8, 4) is 5.75 Å². The van der Waals surface area contributed by atoms with Gasteiger partial charge in [-0.2, -0.15) is 0 Å². The molecular formula is C22H29N3O3. The maximum Gasteiger partial charge on any atom is 0.238 e. The lowest BCUT2D eigenvalue weighted by molar-refractivity contribution is -0.133. The maximum atomic E-state index is 12.7. The van der Waals surface area contributed by atoms with Crippen molar-refractivity contribution in [1.29, 1.82) is 0 Å². The molecule has 0 aliphatic heterocycles. The van der Waals surface area contributed by atoms with Gasteiger partial charge < -0.3 is 15.0 Å². The lowest BCUT2D eigenvalue weighted by Crippen LogP contribution is -2.42. The van der Waals surface area contributed by atoms with Gasteiger partial charge in [0.15, 0.2) is 0 Å². The van der Waals surface area contributed by atoms with E-state index in [-0.39, 0.29) is 30.9 Å². The van der Waals surface area contributed by atoms with Gasteiger partial charge in [0.05, 0.1) is 26.2 Å². The van der Waals surface area contributed by atoms with Crippen LogP contribution in [-0.4, -0.2) is 55.4 Å². The number of nitrogens with zero attached hydrogens (tertiary/aromatic N) is 2. The Kier molecular flexibility index (Phi) is 8.02. The number of nitrogens with one attached hydrogen (secondary N) is 1. The molecule has 0 saturated carbocycles. The first-order valence-corrected chi connectivity index (χ1v) is 9.41. The van der Waals surface area contributed by atoms with E-state index in [1.807, 2.05) is 49.1 Å². The van der Waals surface area contributed by atoms with E-state index in [1.54, 1.807) is 43.3 Å². The lowest BCUT2D eigenvalue weighted by atomic mass is 10.1. The van der Waals surface area contributed by atoms with Crippen LogP contribution in [0, 0.1) is 0 Å². The van der Waals surface area contributed by atoms with Crippen molar-refractivity contribution in [2.24, 2.45) is 0 Å². The molecule has 0 aromatic heterocycles. The quantitative estimate of drug-likeness (QED) is 0.722. The summed E-state index contributed by atoms with van der Waals surface area (Å²) in [7, 11) is 3.39. The molecule has 0 radical (unpaired) electrons. The number of carbonyl (C=O) groups excluding carboxylic acids is 2. The van der Waals surface area contributed by atoms with E-state index in [0.29, 0.717) is 12.2 Å². The number of amides is 2. The van der Waals surface area contributed by atoms with Gasteiger partial charge in [-0.25, -0.2) is 0 Å². The van der Waals surface area contributed by atoms with Crippen molar-refractivity contribution < 1.29 is 14.3 Å². The van der Waals surface area contributed by atoms with Crippen LogP contribution >= 0.6 is 0 Å². The number of likely N-dealkylation sites (N-methyl/N-ethyl adjacent to an activating group) is 2. The van der Waals surface area contributed by atoms with Gasteiger partial charge in [-0.3, -0.25) is 14.5 Å². The molecule has 0 fully saturated rings. The Balaban J connectivity index is 1.89. The van der Waals surface area contributed by atoms with Gasteiger partial charge in [0, 0.05) is 12.7 Å². The fraction of sp³-hybridized carbons (Fsp3) is 0.364. The zero-order valence-electron chi connectivity index (χ0n) is 17.0. The van der Waals surface area contributed by atoms with Crippen LogP contribution in [0.25, 0.3) is 0 Å². The topological polar surface area (TPSA) is 61.9 Å². The summed E-state index contributed by atoms with van der Waals surface area (Å²) in [5, 5.41) is 2.85. The van der Waals surface area contributed by atoms with Crippen molar-refractivity contribution in [1.82, 2.24) is 9.80 Å². The van der Waals surface area contributed by atoms with E-state index in [4.69, 9.17) is 4.74 Å². The van der Waals surface area contributed by atoms with E-state index in [2.05, 4.69) is 5.32 Å². The van der Waals surface area contributed by atoms with E-state index < -0.39 is 0 Å². The van der Waals surface area contributed by atoms with Gasteiger partial charge in [-0.1, -0.05) is 37.3 Å². The number of hydrogen-bond donors (Lipinski definition) is 1. The monoisotopic (exact) mass is 383 g/mol. The highest BCUT2D eigenvalue weighted by molar-refractivity contribution is 5.92. The molecule has 2 amide bonds. The standard InChI is InChI=1S/C22H29N3O3/c1-5-25(15-21(26)23-19-11-13-20(28-4)14-12-19)16-22(27)24(3)17(2)18-9-7-6-8-10-18/h6-14,17H,5,15-16H2,1-4H3,(H,23,26)/t17-/m0/s1. The van der Waals surface area contributed by atoms with Crippen LogP contribution in [0.3, 0.4) is 0 Å². The Morgan fingerprint density at radius 3 is 2.25 bits per heavy atom. The number of rotatable bonds is 9. The normalized spacial score (nSPS) is 11.8. The summed E-state index contributed by atoms with van der Waals surface area (Å²) in [5.74, 6) is 0.559. The SMILES string of the molecule is CCN(CC(=O)Nc1ccc(OC)cc1)CC(=O)N(C)[C@@H](C)c1ccccc1. The average Bonchev–Trinajstić information content (AvgIpc) is 2.73. The number of anilines is 1. The molecule has 0 bridgehead atoms. The summed E-state index contributed by atoms with van der Waals surface area (Å²) < 4.78 is 5.11. The Morgan fingerprint density at radius 1 is 1.04 bits per heavy atom. The van der Waals surface area contributed by atoms with Crippen molar-refractivity contribution in [2.75, 3.05) is 39.1 Å². The summed E-state index contributed by atoms with van der Waals surface area (Å²) in [6, 6.07) is 17.0. The molecule has 0 heterocycles. The summed E-state index contributed by atoms with van der Waals surface area (Å²) in [6.45, 7) is 4.89. The first-order valence-electron chi connectivity index (χ1n) is 9.41. The zero-order chi connectivity index (χ0) is 20.5. The Hall–Kier alpha value is -2.86. The first kappa shape index (κ1) is 21.4. The second kappa shape index (κ2) is 10.5. The molecule has 0 unspecified atom stereocenters. The Labute approximate surface area is 167 Å². The third kappa shape index (κ3) is 6.09. The minimum Gasteiger partial charge on any atom is -0.497 e. The van der Waals surface area contributed by atoms with Gasteiger partial charge in [-0.05, 0) is 43.3 Å². The molecule has 0 aliphatic rings. The number of carbonyl (C=O) groups is 2. The number of ether oxygens (including phenoxy) is 1. The minimum absolute atomic E-state index is 0.0181. The zero-order valence-corrected chi connectivity index (χ0v) is 17.0. The molecule has 0 spiro atoms. The molecular weight excluding hydrogens is 354 g/mol. The van der Waals surface area contributed by atoms with Crippen molar-refractivity contribution in [3.05, 3.63) is 60.2 Å². The van der Waals surface area contributed by atoms with Crippen molar-refractivity contribution >= 4 is 17.5 Å². The van der Waals surface area contributed by atoms with Gasteiger partial charge >= 0.3 is 0 Å². The molecule has 1 N–H and O–H groups in total. The summed E-state index contributed by atoms with van der Waals surface area (Å²) in [6.07, 6.45) is 0. The molecule has 0 aliphatic carbocycles. The second-order valence-corrected chi connectivity index (χ2v) is 6.67. The highest BCUT2D eigenvalue weighted by atomic mass is 16.5. The average molecular weight is 383 g/mol. The van der Waals surface area contributed by atoms with Gasteiger partial charge in [-0.15, -0.1) is 0 Å². The molecule has 150 valence electrons. The van der Waals surface area contributed by atoms with Crippen LogP contribution in [0.1, 0.15) is 25.5 Å². The van der Waals surface area contributed by atoms with Crippen LogP contribution in [0.15, 0.2) is 54.6 Å². The van der Waals surface area contributed by atoms with Crippen LogP contribution in [-0.2, 0) is 9.59 Å². The third-order valence-corrected chi connectivity index (χ3v) is 4.80. The van der Waals surface area contributed by atoms with Crippen LogP contribution < -0.4 is 10.1 Å². The highest BCUT2D eigenvalue weighted by Gasteiger charge is 2.20. The first-order chi connectivity index (χ1) is 13.4. The van der Waals surface area contributed by atoms with Crippen LogP contribution in [0.2, 0.25) is 0 Å². The van der Waals surface area contributed by atoms with Gasteiger partial charge in [0.1, 0.15) is 5.75 Å². The molecule has 6 nitrogen and oxygen atoms in total. The van der Waals surface area contributed by atoms with E-state index in [0.717, 1.165) is 11.3 Å². The van der Waals surface area contributed by atoms with E-state index >= 15 is 0 Å². The summed E-state index contributed by atoms with van der Waals surface area (Å²) >= 11 is 0. The molecule has 2 aromatic rings. The van der Waals surface area contributed by atoms with E-state index in [9.17, 15) is 9.59 Å². The molecule has 2 rings (SSSR count). The van der Waals surface area contributed by atoms with Crippen molar-refractivity contribution in [3.63, 3.8) is 0 Å². The lowest BCUT2D eigenvalue weighted by Gasteiger charge is -2.28. The van der Waals surface area contributed by atoms with Gasteiger partial charge in [0.25, 0.3) is 0 Å². The Bertz CT molecular complexity index is 762. The second-order valence-electron chi connectivity index (χ2n) is 6.67. The molecule has 0 saturated heterocycles. The van der Waals surface area contributed by atoms with Crippen LogP contribution in [0.5, 0.6) is 5.75 Å². The molecule has 2 aromatic carbocycles. The van der Waals surface area contributed by atoms with Crippen molar-refractivity contribution in [2.45, 2.75) is 19.9 Å². The third-order valence-electron chi connectivity index (χ3n) is 4.80. The number of benzene rings is 2. The smallest absolute Gasteiger partial charge is 0.238 e. The Morgan fingerprint density at radius 2 is 1.68 bits per heavy atom. The summed E-state index contributed by atoms with van der Waals surface area (Å²) in [5.41, 5.74) is 1.78. The minimum atomic E-state index is -0.154. The maximum absolute atomic E-state index is 12.7. The predicted molar refractivity (Wildman–Crippen MR) is 111 cm³/mol. The van der Waals surface area contributed by atoms with Crippen LogP contribution in [0.4, 0.5) is 5.69 Å². The number of hydrogen-bond acceptors (Lipinski definition) is 4. The fourth-order valence-corrected chi connectivity index (χ4v) is 2.83. The van der Waals surface area contributed by atoms with E-state index in [1.165, 1.54) is 0 Å². The molecule has 6 heteroatoms. The highest BCUT2D eigenvalue weighted by Crippen LogP contribution is 2.18. The fourth-order valence-electron chi connectivity index (χ4n) is 2.83. The number of methoxy groups -OCH3 is 1. The van der Waals surface area contributed by atoms with Gasteiger partial charge in [0.2, 0.25) is 11.8 Å². The largest absolute Gasteiger partial charge is 0.497 e. The molecule has 28 heavy (non-hydrogen) atoms. The predicted octanol–water partition coefficient (Wildman–Crippen LogP) is 3.18. The molecule has 1 atom stereocenters. The summed E-state index contributed by atoms with van der Waals surface area (Å²) in [4.78, 5) is 28.6.